The summed E-state index contributed by atoms with van der Waals surface area (Å²) in [7, 11) is 4.02. The number of para-hydroxylation sites is 2. The van der Waals surface area contributed by atoms with Crippen molar-refractivity contribution in [1.82, 2.24) is 4.98 Å². The normalized spacial score (nSPS) is 10.4. The van der Waals surface area contributed by atoms with E-state index in [0.717, 1.165) is 28.4 Å². The smallest absolute Gasteiger partial charge is 0.140 e. The van der Waals surface area contributed by atoms with Crippen molar-refractivity contribution in [2.24, 2.45) is 0 Å². The molecule has 0 aliphatic carbocycles. The van der Waals surface area contributed by atoms with E-state index in [1.54, 1.807) is 0 Å². The Kier molecular flexibility index (Phi) is 5.43. The molecule has 0 aliphatic rings. The van der Waals surface area contributed by atoms with Crippen LogP contribution >= 0.6 is 0 Å². The molecular weight excluding hydrogens is 360 g/mol. The third-order valence-corrected chi connectivity index (χ3v) is 4.44. The Morgan fingerprint density at radius 2 is 1.31 bits per heavy atom. The van der Waals surface area contributed by atoms with Gasteiger partial charge in [0, 0.05) is 37.6 Å². The zero-order valence-corrected chi connectivity index (χ0v) is 16.4. The summed E-state index contributed by atoms with van der Waals surface area (Å²) in [6.07, 6.45) is 1.81. The van der Waals surface area contributed by atoms with Gasteiger partial charge in [-0.1, -0.05) is 36.4 Å². The molecule has 0 fully saturated rings. The van der Waals surface area contributed by atoms with E-state index in [1.807, 2.05) is 111 Å². The van der Waals surface area contributed by atoms with Crippen LogP contribution in [-0.4, -0.2) is 19.1 Å². The summed E-state index contributed by atoms with van der Waals surface area (Å²) in [6.45, 7) is 0. The molecule has 4 rings (SSSR count). The topological polar surface area (TPSA) is 34.6 Å². The summed E-state index contributed by atoms with van der Waals surface area (Å²) in [6, 6.07) is 29.3. The van der Waals surface area contributed by atoms with E-state index >= 15 is 0 Å². The second kappa shape index (κ2) is 8.48. The lowest BCUT2D eigenvalue weighted by atomic mass is 10.1. The molecule has 29 heavy (non-hydrogen) atoms. The molecule has 144 valence electrons. The first kappa shape index (κ1) is 18.6. The van der Waals surface area contributed by atoms with Gasteiger partial charge in [-0.2, -0.15) is 0 Å². The van der Waals surface area contributed by atoms with Crippen molar-refractivity contribution in [3.8, 4) is 34.3 Å². The number of anilines is 1. The molecule has 0 saturated heterocycles. The number of ether oxygens (including phenoxy) is 2. The molecule has 4 heteroatoms. The van der Waals surface area contributed by atoms with E-state index in [2.05, 4.69) is 9.88 Å². The van der Waals surface area contributed by atoms with Crippen molar-refractivity contribution in [1.29, 1.82) is 0 Å². The fourth-order valence-corrected chi connectivity index (χ4v) is 2.95. The Labute approximate surface area is 171 Å². The second-order valence-electron chi connectivity index (χ2n) is 6.78. The summed E-state index contributed by atoms with van der Waals surface area (Å²) < 4.78 is 12.2. The molecule has 0 saturated carbocycles. The quantitative estimate of drug-likeness (QED) is 0.386. The standard InChI is InChI=1S/C25H22N2O2/c1-27(2)19-15-16-26-24(17-19)23-14-13-22(28-20-9-5-3-6-10-20)18-25(23)29-21-11-7-4-8-12-21/h3-18H,1-2H3. The highest BCUT2D eigenvalue weighted by Crippen LogP contribution is 2.37. The summed E-state index contributed by atoms with van der Waals surface area (Å²) in [5, 5.41) is 0. The van der Waals surface area contributed by atoms with Crippen LogP contribution in [0.3, 0.4) is 0 Å². The first-order chi connectivity index (χ1) is 14.2. The molecule has 1 heterocycles. The highest BCUT2D eigenvalue weighted by Gasteiger charge is 2.12. The molecule has 0 atom stereocenters. The average Bonchev–Trinajstić information content (AvgIpc) is 2.75. The number of aromatic nitrogens is 1. The minimum absolute atomic E-state index is 0.688. The van der Waals surface area contributed by atoms with Crippen molar-refractivity contribution >= 4 is 5.69 Å². The fourth-order valence-electron chi connectivity index (χ4n) is 2.95. The maximum atomic E-state index is 6.21. The van der Waals surface area contributed by atoms with E-state index in [4.69, 9.17) is 9.47 Å². The maximum absolute atomic E-state index is 6.21. The maximum Gasteiger partial charge on any atom is 0.140 e. The van der Waals surface area contributed by atoms with Crippen molar-refractivity contribution in [2.75, 3.05) is 19.0 Å². The van der Waals surface area contributed by atoms with Gasteiger partial charge in [-0.15, -0.1) is 0 Å². The van der Waals surface area contributed by atoms with Gasteiger partial charge in [-0.3, -0.25) is 4.98 Å². The van der Waals surface area contributed by atoms with Crippen LogP contribution in [0.5, 0.6) is 23.0 Å². The highest BCUT2D eigenvalue weighted by atomic mass is 16.5. The number of rotatable bonds is 6. The summed E-state index contributed by atoms with van der Waals surface area (Å²) >= 11 is 0. The van der Waals surface area contributed by atoms with Crippen LogP contribution in [0.1, 0.15) is 0 Å². The number of nitrogens with zero attached hydrogens (tertiary/aromatic N) is 2. The van der Waals surface area contributed by atoms with Gasteiger partial charge in [0.1, 0.15) is 23.0 Å². The first-order valence-electron chi connectivity index (χ1n) is 9.43. The molecule has 4 aromatic rings. The molecule has 0 unspecified atom stereocenters. The fraction of sp³-hybridized carbons (Fsp3) is 0.0800. The van der Waals surface area contributed by atoms with E-state index in [0.29, 0.717) is 11.5 Å². The van der Waals surface area contributed by atoms with Crippen LogP contribution in [0.4, 0.5) is 5.69 Å². The van der Waals surface area contributed by atoms with Gasteiger partial charge in [0.2, 0.25) is 0 Å². The third-order valence-electron chi connectivity index (χ3n) is 4.44. The Hall–Kier alpha value is -3.79. The minimum atomic E-state index is 0.688. The number of pyridine rings is 1. The van der Waals surface area contributed by atoms with Gasteiger partial charge in [-0.05, 0) is 48.5 Å². The van der Waals surface area contributed by atoms with Crippen LogP contribution in [0, 0.1) is 0 Å². The van der Waals surface area contributed by atoms with Crippen LogP contribution in [0.2, 0.25) is 0 Å². The number of benzene rings is 3. The molecule has 0 N–H and O–H groups in total. The SMILES string of the molecule is CN(C)c1ccnc(-c2ccc(Oc3ccccc3)cc2Oc2ccccc2)c1. The van der Waals surface area contributed by atoms with E-state index in [9.17, 15) is 0 Å². The predicted molar refractivity (Wildman–Crippen MR) is 117 cm³/mol. The van der Waals surface area contributed by atoms with Crippen molar-refractivity contribution < 1.29 is 9.47 Å². The van der Waals surface area contributed by atoms with Gasteiger partial charge in [-0.25, -0.2) is 0 Å². The Bertz CT molecular complexity index is 1080. The molecule has 0 amide bonds. The monoisotopic (exact) mass is 382 g/mol. The first-order valence-corrected chi connectivity index (χ1v) is 9.43. The number of hydrogen-bond acceptors (Lipinski definition) is 4. The molecule has 3 aromatic carbocycles. The van der Waals surface area contributed by atoms with Gasteiger partial charge < -0.3 is 14.4 Å². The zero-order valence-electron chi connectivity index (χ0n) is 16.4. The van der Waals surface area contributed by atoms with Gasteiger partial charge in [0.05, 0.1) is 5.69 Å². The van der Waals surface area contributed by atoms with Gasteiger partial charge in [0.15, 0.2) is 0 Å². The lowest BCUT2D eigenvalue weighted by molar-refractivity contribution is 0.461. The van der Waals surface area contributed by atoms with E-state index in [1.165, 1.54) is 0 Å². The van der Waals surface area contributed by atoms with Crippen LogP contribution in [0.25, 0.3) is 11.3 Å². The zero-order chi connectivity index (χ0) is 20.1. The largest absolute Gasteiger partial charge is 0.457 e. The molecule has 1 aromatic heterocycles. The molecular formula is C25H22N2O2. The molecule has 0 bridgehead atoms. The van der Waals surface area contributed by atoms with Crippen LogP contribution < -0.4 is 14.4 Å². The van der Waals surface area contributed by atoms with Gasteiger partial charge >= 0.3 is 0 Å². The van der Waals surface area contributed by atoms with E-state index in [-0.39, 0.29) is 0 Å². The summed E-state index contributed by atoms with van der Waals surface area (Å²) in [4.78, 5) is 6.61. The summed E-state index contributed by atoms with van der Waals surface area (Å²) in [5.74, 6) is 2.93. The number of hydrogen-bond donors (Lipinski definition) is 0. The molecule has 0 radical (unpaired) electrons. The molecule has 0 aliphatic heterocycles. The lowest BCUT2D eigenvalue weighted by Crippen LogP contribution is -2.08. The van der Waals surface area contributed by atoms with E-state index < -0.39 is 0 Å². The van der Waals surface area contributed by atoms with Crippen molar-refractivity contribution in [3.63, 3.8) is 0 Å². The Balaban J connectivity index is 1.74. The predicted octanol–water partition coefficient (Wildman–Crippen LogP) is 6.40. The summed E-state index contributed by atoms with van der Waals surface area (Å²) in [5.41, 5.74) is 2.82. The molecule has 4 nitrogen and oxygen atoms in total. The lowest BCUT2D eigenvalue weighted by Gasteiger charge is -2.16. The second-order valence-corrected chi connectivity index (χ2v) is 6.78. The minimum Gasteiger partial charge on any atom is -0.457 e. The van der Waals surface area contributed by atoms with Crippen molar-refractivity contribution in [3.05, 3.63) is 97.2 Å². The average molecular weight is 382 g/mol. The Morgan fingerprint density at radius 3 is 1.97 bits per heavy atom. The third kappa shape index (κ3) is 4.55. The van der Waals surface area contributed by atoms with Crippen molar-refractivity contribution in [2.45, 2.75) is 0 Å². The Morgan fingerprint density at radius 1 is 0.655 bits per heavy atom. The van der Waals surface area contributed by atoms with Gasteiger partial charge in [0.25, 0.3) is 0 Å². The molecule has 0 spiro atoms. The van der Waals surface area contributed by atoms with Crippen LogP contribution in [0.15, 0.2) is 97.2 Å². The highest BCUT2D eigenvalue weighted by molar-refractivity contribution is 5.72. The van der Waals surface area contributed by atoms with Crippen LogP contribution in [-0.2, 0) is 0 Å².